The van der Waals surface area contributed by atoms with E-state index in [4.69, 9.17) is 0 Å². The molecule has 0 fully saturated rings. The van der Waals surface area contributed by atoms with Crippen molar-refractivity contribution < 1.29 is 4.39 Å². The summed E-state index contributed by atoms with van der Waals surface area (Å²) in [6.45, 7) is 7.22. The van der Waals surface area contributed by atoms with E-state index in [9.17, 15) is 4.39 Å². The molecule has 0 amide bonds. The fraction of sp³-hybridized carbons (Fsp3) is 0.500. The first-order chi connectivity index (χ1) is 6.59. The molecule has 78 valence electrons. The van der Waals surface area contributed by atoms with Crippen molar-refractivity contribution in [3.05, 3.63) is 35.6 Å². The predicted molar refractivity (Wildman–Crippen MR) is 57.5 cm³/mol. The van der Waals surface area contributed by atoms with Crippen LogP contribution >= 0.6 is 0 Å². The molecule has 1 rings (SSSR count). The van der Waals surface area contributed by atoms with Gasteiger partial charge in [-0.15, -0.1) is 0 Å². The second-order valence-corrected chi connectivity index (χ2v) is 4.04. The van der Waals surface area contributed by atoms with Crippen LogP contribution in [0.15, 0.2) is 24.3 Å². The van der Waals surface area contributed by atoms with E-state index in [0.717, 1.165) is 12.1 Å². The van der Waals surface area contributed by atoms with Crippen molar-refractivity contribution in [1.29, 1.82) is 0 Å². The maximum absolute atomic E-state index is 12.8. The summed E-state index contributed by atoms with van der Waals surface area (Å²) in [7, 11) is 0. The molecule has 0 saturated carbocycles. The van der Waals surface area contributed by atoms with E-state index < -0.39 is 0 Å². The topological polar surface area (TPSA) is 12.0 Å². The zero-order valence-electron chi connectivity index (χ0n) is 9.05. The highest BCUT2D eigenvalue weighted by molar-refractivity contribution is 5.16. The fourth-order valence-corrected chi connectivity index (χ4v) is 1.16. The number of benzene rings is 1. The third-order valence-electron chi connectivity index (χ3n) is 2.52. The molecule has 0 aliphatic carbocycles. The standard InChI is InChI=1S/C12H18FN/c1-9(2)10(3)14-8-11-5-4-6-12(13)7-11/h4-7,9-10,14H,8H2,1-3H3. The van der Waals surface area contributed by atoms with Gasteiger partial charge in [0.05, 0.1) is 0 Å². The predicted octanol–water partition coefficient (Wildman–Crippen LogP) is 2.96. The van der Waals surface area contributed by atoms with Crippen LogP contribution in [0.4, 0.5) is 4.39 Å². The monoisotopic (exact) mass is 195 g/mol. The Bertz CT molecular complexity index is 283. The molecular formula is C12H18FN. The van der Waals surface area contributed by atoms with Crippen LogP contribution < -0.4 is 5.32 Å². The van der Waals surface area contributed by atoms with Gasteiger partial charge in [0, 0.05) is 12.6 Å². The van der Waals surface area contributed by atoms with Crippen LogP contribution in [0, 0.1) is 11.7 Å². The zero-order chi connectivity index (χ0) is 10.6. The Balaban J connectivity index is 2.45. The smallest absolute Gasteiger partial charge is 0.123 e. The van der Waals surface area contributed by atoms with Crippen molar-refractivity contribution in [2.75, 3.05) is 0 Å². The Morgan fingerprint density at radius 2 is 2.00 bits per heavy atom. The molecule has 0 aromatic heterocycles. The molecule has 1 N–H and O–H groups in total. The first kappa shape index (κ1) is 11.2. The van der Waals surface area contributed by atoms with Crippen molar-refractivity contribution >= 4 is 0 Å². The van der Waals surface area contributed by atoms with E-state index in [1.165, 1.54) is 6.07 Å². The molecular weight excluding hydrogens is 177 g/mol. The van der Waals surface area contributed by atoms with E-state index in [1.54, 1.807) is 12.1 Å². The van der Waals surface area contributed by atoms with Gasteiger partial charge in [-0.3, -0.25) is 0 Å². The van der Waals surface area contributed by atoms with Crippen LogP contribution in [0.2, 0.25) is 0 Å². The van der Waals surface area contributed by atoms with Gasteiger partial charge in [-0.05, 0) is 30.5 Å². The van der Waals surface area contributed by atoms with E-state index in [0.29, 0.717) is 12.0 Å². The van der Waals surface area contributed by atoms with E-state index >= 15 is 0 Å². The second kappa shape index (κ2) is 5.11. The molecule has 2 heteroatoms. The lowest BCUT2D eigenvalue weighted by molar-refractivity contribution is 0.425. The Labute approximate surface area is 85.3 Å². The number of hydrogen-bond acceptors (Lipinski definition) is 1. The van der Waals surface area contributed by atoms with Crippen LogP contribution in [-0.4, -0.2) is 6.04 Å². The normalized spacial score (nSPS) is 13.2. The molecule has 0 bridgehead atoms. The Hall–Kier alpha value is -0.890. The quantitative estimate of drug-likeness (QED) is 0.778. The van der Waals surface area contributed by atoms with E-state index in [1.807, 2.05) is 6.07 Å². The highest BCUT2D eigenvalue weighted by atomic mass is 19.1. The first-order valence-corrected chi connectivity index (χ1v) is 5.07. The maximum atomic E-state index is 12.8. The number of nitrogens with one attached hydrogen (secondary N) is 1. The summed E-state index contributed by atoms with van der Waals surface area (Å²) in [6, 6.07) is 7.17. The van der Waals surface area contributed by atoms with Gasteiger partial charge in [0.25, 0.3) is 0 Å². The molecule has 0 aliphatic rings. The maximum Gasteiger partial charge on any atom is 0.123 e. The van der Waals surface area contributed by atoms with Gasteiger partial charge in [-0.1, -0.05) is 26.0 Å². The summed E-state index contributed by atoms with van der Waals surface area (Å²) in [5.74, 6) is 0.435. The van der Waals surface area contributed by atoms with Crippen molar-refractivity contribution in [1.82, 2.24) is 5.32 Å². The molecule has 0 saturated heterocycles. The first-order valence-electron chi connectivity index (χ1n) is 5.07. The van der Waals surface area contributed by atoms with Crippen LogP contribution in [0.1, 0.15) is 26.3 Å². The minimum absolute atomic E-state index is 0.165. The molecule has 1 aromatic carbocycles. The molecule has 0 aliphatic heterocycles. The third kappa shape index (κ3) is 3.46. The van der Waals surface area contributed by atoms with E-state index in [2.05, 4.69) is 26.1 Å². The van der Waals surface area contributed by atoms with E-state index in [-0.39, 0.29) is 5.82 Å². The molecule has 1 unspecified atom stereocenters. The van der Waals surface area contributed by atoms with Crippen molar-refractivity contribution in [2.24, 2.45) is 5.92 Å². The molecule has 1 nitrogen and oxygen atoms in total. The minimum atomic E-state index is -0.165. The summed E-state index contributed by atoms with van der Waals surface area (Å²) < 4.78 is 12.8. The van der Waals surface area contributed by atoms with Gasteiger partial charge in [-0.25, -0.2) is 4.39 Å². The summed E-state index contributed by atoms with van der Waals surface area (Å²) in [6.07, 6.45) is 0. The summed E-state index contributed by atoms with van der Waals surface area (Å²) in [5, 5.41) is 3.36. The Morgan fingerprint density at radius 1 is 1.29 bits per heavy atom. The van der Waals surface area contributed by atoms with Gasteiger partial charge >= 0.3 is 0 Å². The van der Waals surface area contributed by atoms with Crippen molar-refractivity contribution in [3.8, 4) is 0 Å². The second-order valence-electron chi connectivity index (χ2n) is 4.04. The minimum Gasteiger partial charge on any atom is -0.310 e. The highest BCUT2D eigenvalue weighted by Crippen LogP contribution is 2.05. The molecule has 14 heavy (non-hydrogen) atoms. The van der Waals surface area contributed by atoms with Gasteiger partial charge in [0.15, 0.2) is 0 Å². The van der Waals surface area contributed by atoms with Crippen LogP contribution in [-0.2, 0) is 6.54 Å². The number of hydrogen-bond donors (Lipinski definition) is 1. The third-order valence-corrected chi connectivity index (χ3v) is 2.52. The number of halogens is 1. The molecule has 1 atom stereocenters. The van der Waals surface area contributed by atoms with Crippen LogP contribution in [0.3, 0.4) is 0 Å². The molecule has 1 aromatic rings. The fourth-order valence-electron chi connectivity index (χ4n) is 1.16. The van der Waals surface area contributed by atoms with Gasteiger partial charge in [0.2, 0.25) is 0 Å². The average Bonchev–Trinajstić information content (AvgIpc) is 2.14. The SMILES string of the molecule is CC(C)C(C)NCc1cccc(F)c1. The van der Waals surface area contributed by atoms with Crippen LogP contribution in [0.5, 0.6) is 0 Å². The lowest BCUT2D eigenvalue weighted by atomic mass is 10.1. The van der Waals surface area contributed by atoms with Crippen molar-refractivity contribution in [2.45, 2.75) is 33.4 Å². The summed E-state index contributed by atoms with van der Waals surface area (Å²) in [4.78, 5) is 0. The molecule has 0 heterocycles. The van der Waals surface area contributed by atoms with Crippen LogP contribution in [0.25, 0.3) is 0 Å². The molecule has 0 spiro atoms. The summed E-state index contributed by atoms with van der Waals surface area (Å²) >= 11 is 0. The average molecular weight is 195 g/mol. The Kier molecular flexibility index (Phi) is 4.08. The largest absolute Gasteiger partial charge is 0.310 e. The highest BCUT2D eigenvalue weighted by Gasteiger charge is 2.05. The van der Waals surface area contributed by atoms with Gasteiger partial charge < -0.3 is 5.32 Å². The molecule has 0 radical (unpaired) electrons. The summed E-state index contributed by atoms with van der Waals surface area (Å²) in [5.41, 5.74) is 0.998. The lowest BCUT2D eigenvalue weighted by Gasteiger charge is -2.17. The van der Waals surface area contributed by atoms with Gasteiger partial charge in [-0.2, -0.15) is 0 Å². The lowest BCUT2D eigenvalue weighted by Crippen LogP contribution is -2.30. The number of rotatable bonds is 4. The zero-order valence-corrected chi connectivity index (χ0v) is 9.05. The Morgan fingerprint density at radius 3 is 2.57 bits per heavy atom. The van der Waals surface area contributed by atoms with Crippen molar-refractivity contribution in [3.63, 3.8) is 0 Å². The van der Waals surface area contributed by atoms with Gasteiger partial charge in [0.1, 0.15) is 5.82 Å².